The van der Waals surface area contributed by atoms with Crippen LogP contribution in [0, 0.1) is 5.92 Å². The fourth-order valence-corrected chi connectivity index (χ4v) is 3.76. The maximum absolute atomic E-state index is 6.08. The molecular weight excluding hydrogens is 324 g/mol. The number of aromatic nitrogens is 3. The summed E-state index contributed by atoms with van der Waals surface area (Å²) in [6.45, 7) is 0.672. The second kappa shape index (κ2) is 7.30. The molecule has 2 N–H and O–H groups in total. The number of nitrogen functional groups attached to an aromatic ring is 1. The third-order valence-corrected chi connectivity index (χ3v) is 5.23. The van der Waals surface area contributed by atoms with Crippen molar-refractivity contribution in [1.82, 2.24) is 14.8 Å². The summed E-state index contributed by atoms with van der Waals surface area (Å²) in [6, 6.07) is 18.4. The Hall–Kier alpha value is -2.66. The molecule has 0 aliphatic heterocycles. The largest absolute Gasteiger partial charge is 0.399 e. The zero-order valence-corrected chi connectivity index (χ0v) is 15.0. The monoisotopic (exact) mass is 348 g/mol. The van der Waals surface area contributed by atoms with Crippen LogP contribution in [0.25, 0.3) is 0 Å². The molecular formula is C21H24N4O. The zero-order chi connectivity index (χ0) is 17.9. The number of hydrogen-bond acceptors (Lipinski definition) is 4. The molecule has 2 aromatic carbocycles. The van der Waals surface area contributed by atoms with Crippen molar-refractivity contribution in [3.63, 3.8) is 0 Å². The molecule has 4 rings (SSSR count). The summed E-state index contributed by atoms with van der Waals surface area (Å²) in [5.41, 5.74) is 9.22. The molecule has 1 heterocycles. The molecule has 5 nitrogen and oxygen atoms in total. The first kappa shape index (κ1) is 16.8. The van der Waals surface area contributed by atoms with Gasteiger partial charge in [0.05, 0.1) is 12.7 Å². The lowest BCUT2D eigenvalue weighted by Gasteiger charge is -2.40. The Bertz CT molecular complexity index is 855. The van der Waals surface area contributed by atoms with Crippen molar-refractivity contribution in [1.29, 1.82) is 0 Å². The second-order valence-corrected chi connectivity index (χ2v) is 7.10. The van der Waals surface area contributed by atoms with Crippen LogP contribution in [-0.4, -0.2) is 20.9 Å². The van der Waals surface area contributed by atoms with Crippen molar-refractivity contribution < 1.29 is 4.74 Å². The highest BCUT2D eigenvalue weighted by Crippen LogP contribution is 2.44. The van der Waals surface area contributed by atoms with Crippen molar-refractivity contribution >= 4 is 5.69 Å². The maximum Gasteiger partial charge on any atom is 0.140 e. The third-order valence-electron chi connectivity index (χ3n) is 5.23. The Labute approximate surface area is 153 Å². The van der Waals surface area contributed by atoms with E-state index in [4.69, 9.17) is 10.5 Å². The van der Waals surface area contributed by atoms with E-state index in [9.17, 15) is 0 Å². The van der Waals surface area contributed by atoms with Gasteiger partial charge in [-0.25, -0.2) is 0 Å². The first-order chi connectivity index (χ1) is 12.7. The average molecular weight is 348 g/mol. The molecule has 1 aliphatic rings. The van der Waals surface area contributed by atoms with E-state index in [1.165, 1.54) is 11.1 Å². The molecule has 1 aliphatic carbocycles. The quantitative estimate of drug-likeness (QED) is 0.692. The van der Waals surface area contributed by atoms with E-state index in [1.807, 2.05) is 41.9 Å². The zero-order valence-electron chi connectivity index (χ0n) is 15.0. The van der Waals surface area contributed by atoms with E-state index in [1.54, 1.807) is 6.33 Å². The smallest absolute Gasteiger partial charge is 0.140 e. The molecule has 3 aromatic rings. The van der Waals surface area contributed by atoms with Gasteiger partial charge in [-0.1, -0.05) is 42.5 Å². The lowest BCUT2D eigenvalue weighted by Crippen LogP contribution is -2.36. The Morgan fingerprint density at radius 2 is 1.96 bits per heavy atom. The molecule has 0 radical (unpaired) electrons. The van der Waals surface area contributed by atoms with Crippen molar-refractivity contribution in [3.05, 3.63) is 77.9 Å². The molecule has 26 heavy (non-hydrogen) atoms. The molecule has 1 saturated carbocycles. The minimum Gasteiger partial charge on any atom is -0.399 e. The van der Waals surface area contributed by atoms with E-state index in [0.29, 0.717) is 18.6 Å². The van der Waals surface area contributed by atoms with Crippen LogP contribution in [0.2, 0.25) is 0 Å². The van der Waals surface area contributed by atoms with Gasteiger partial charge in [-0.2, -0.15) is 0 Å². The SMILES string of the molecule is Cn1cnnc1C(c1cccc(N)c1)C1CC(OCc2ccccc2)C1. The second-order valence-electron chi connectivity index (χ2n) is 7.10. The number of aryl methyl sites for hydroxylation is 1. The summed E-state index contributed by atoms with van der Waals surface area (Å²) in [7, 11) is 2.00. The van der Waals surface area contributed by atoms with Gasteiger partial charge in [0.1, 0.15) is 12.2 Å². The molecule has 1 unspecified atom stereocenters. The Morgan fingerprint density at radius 3 is 2.65 bits per heavy atom. The van der Waals surface area contributed by atoms with Crippen LogP contribution in [0.15, 0.2) is 60.9 Å². The van der Waals surface area contributed by atoms with E-state index >= 15 is 0 Å². The van der Waals surface area contributed by atoms with E-state index in [-0.39, 0.29) is 5.92 Å². The summed E-state index contributed by atoms with van der Waals surface area (Å²) in [6.07, 6.45) is 4.12. The molecule has 134 valence electrons. The molecule has 0 saturated heterocycles. The number of ether oxygens (including phenoxy) is 1. The highest BCUT2D eigenvalue weighted by Gasteiger charge is 2.39. The van der Waals surface area contributed by atoms with Crippen LogP contribution < -0.4 is 5.73 Å². The van der Waals surface area contributed by atoms with Gasteiger partial charge in [0.15, 0.2) is 0 Å². The molecule has 0 spiro atoms. The van der Waals surface area contributed by atoms with Gasteiger partial charge in [0, 0.05) is 18.7 Å². The van der Waals surface area contributed by atoms with Gasteiger partial charge in [-0.15, -0.1) is 10.2 Å². The van der Waals surface area contributed by atoms with E-state index < -0.39 is 0 Å². The van der Waals surface area contributed by atoms with Gasteiger partial charge >= 0.3 is 0 Å². The first-order valence-electron chi connectivity index (χ1n) is 9.05. The minimum atomic E-state index is 0.197. The average Bonchev–Trinajstić information content (AvgIpc) is 3.03. The molecule has 0 bridgehead atoms. The van der Waals surface area contributed by atoms with Gasteiger partial charge in [0.25, 0.3) is 0 Å². The summed E-state index contributed by atoms with van der Waals surface area (Å²) in [4.78, 5) is 0. The molecule has 5 heteroatoms. The predicted octanol–water partition coefficient (Wildman–Crippen LogP) is 3.52. The lowest BCUT2D eigenvalue weighted by atomic mass is 9.70. The van der Waals surface area contributed by atoms with Crippen molar-refractivity contribution in [2.75, 3.05) is 5.73 Å². The van der Waals surface area contributed by atoms with Gasteiger partial charge in [0.2, 0.25) is 0 Å². The van der Waals surface area contributed by atoms with Crippen LogP contribution in [0.4, 0.5) is 5.69 Å². The summed E-state index contributed by atoms with van der Waals surface area (Å²) >= 11 is 0. The van der Waals surface area contributed by atoms with Crippen molar-refractivity contribution in [3.8, 4) is 0 Å². The van der Waals surface area contributed by atoms with Crippen LogP contribution in [-0.2, 0) is 18.4 Å². The fraction of sp³-hybridized carbons (Fsp3) is 0.333. The van der Waals surface area contributed by atoms with Gasteiger partial charge < -0.3 is 15.0 Å². The predicted molar refractivity (Wildman–Crippen MR) is 101 cm³/mol. The van der Waals surface area contributed by atoms with Gasteiger partial charge in [-0.05, 0) is 42.0 Å². The first-order valence-corrected chi connectivity index (χ1v) is 9.05. The van der Waals surface area contributed by atoms with Gasteiger partial charge in [-0.3, -0.25) is 0 Å². The normalized spacial score (nSPS) is 20.5. The van der Waals surface area contributed by atoms with Crippen molar-refractivity contribution in [2.45, 2.75) is 31.5 Å². The summed E-state index contributed by atoms with van der Waals surface area (Å²) < 4.78 is 8.09. The topological polar surface area (TPSA) is 66.0 Å². The lowest BCUT2D eigenvalue weighted by molar-refractivity contribution is -0.0448. The number of nitrogens with two attached hydrogens (primary N) is 1. The summed E-state index contributed by atoms with van der Waals surface area (Å²) in [5.74, 6) is 1.67. The minimum absolute atomic E-state index is 0.197. The van der Waals surface area contributed by atoms with Crippen molar-refractivity contribution in [2.24, 2.45) is 13.0 Å². The molecule has 1 aromatic heterocycles. The van der Waals surface area contributed by atoms with Crippen LogP contribution in [0.1, 0.15) is 35.7 Å². The highest BCUT2D eigenvalue weighted by molar-refractivity contribution is 5.43. The number of nitrogens with zero attached hydrogens (tertiary/aromatic N) is 3. The molecule has 1 fully saturated rings. The summed E-state index contributed by atoms with van der Waals surface area (Å²) in [5, 5.41) is 8.45. The van der Waals surface area contributed by atoms with Crippen LogP contribution in [0.5, 0.6) is 0 Å². The number of benzene rings is 2. The Balaban J connectivity index is 1.46. The molecule has 1 atom stereocenters. The third kappa shape index (κ3) is 3.48. The van der Waals surface area contributed by atoms with E-state index in [0.717, 1.165) is 24.4 Å². The Kier molecular flexibility index (Phi) is 4.71. The standard InChI is InChI=1S/C21H24N4O/c1-25-14-23-24-21(25)20(16-8-5-9-18(22)10-16)17-11-19(12-17)26-13-15-6-3-2-4-7-15/h2-10,14,17,19-20H,11-13,22H2,1H3. The molecule has 0 amide bonds. The Morgan fingerprint density at radius 1 is 1.15 bits per heavy atom. The number of hydrogen-bond donors (Lipinski definition) is 1. The van der Waals surface area contributed by atoms with E-state index in [2.05, 4.69) is 34.5 Å². The van der Waals surface area contributed by atoms with Crippen LogP contribution in [0.3, 0.4) is 0 Å². The van der Waals surface area contributed by atoms with Crippen LogP contribution >= 0.6 is 0 Å². The number of rotatable bonds is 6. The highest BCUT2D eigenvalue weighted by atomic mass is 16.5. The number of anilines is 1. The fourth-order valence-electron chi connectivity index (χ4n) is 3.76. The maximum atomic E-state index is 6.08.